The summed E-state index contributed by atoms with van der Waals surface area (Å²) in [6.07, 6.45) is -1.08. The molecule has 1 saturated heterocycles. The SMILES string of the molecule is CC(C)(C)OC(=O)N[C@@H]1[C@@H](NC(=O)OC(C)(C)C)CN(C(=O)OC(C)(C)C)[C@@H]1c1ncn2c(=O)[nH]c(N)nc12. The van der Waals surface area contributed by atoms with E-state index < -0.39 is 58.9 Å². The van der Waals surface area contributed by atoms with E-state index >= 15 is 0 Å². The number of likely N-dealkylation sites (tertiary alicyclic amines) is 1. The van der Waals surface area contributed by atoms with Gasteiger partial charge in [0.1, 0.15) is 34.9 Å². The van der Waals surface area contributed by atoms with Crippen LogP contribution in [0.3, 0.4) is 0 Å². The van der Waals surface area contributed by atoms with Gasteiger partial charge in [-0.05, 0) is 62.3 Å². The van der Waals surface area contributed by atoms with E-state index in [1.54, 1.807) is 62.3 Å². The number of amides is 3. The number of ether oxygens (including phenoxy) is 3. The first-order valence-corrected chi connectivity index (χ1v) is 12.5. The fourth-order valence-corrected chi connectivity index (χ4v) is 4.03. The molecule has 1 fully saturated rings. The quantitative estimate of drug-likeness (QED) is 0.411. The van der Waals surface area contributed by atoms with Gasteiger partial charge in [-0.3, -0.25) is 9.88 Å². The molecule has 0 aliphatic carbocycles. The van der Waals surface area contributed by atoms with Gasteiger partial charge >= 0.3 is 24.0 Å². The lowest BCUT2D eigenvalue weighted by Crippen LogP contribution is -2.53. The van der Waals surface area contributed by atoms with Crippen LogP contribution in [-0.2, 0) is 14.2 Å². The van der Waals surface area contributed by atoms with Crippen LogP contribution in [0.5, 0.6) is 0 Å². The number of carbonyl (C=O) groups is 3. The number of hydrogen-bond donors (Lipinski definition) is 4. The number of H-pyrrole nitrogens is 1. The molecule has 3 amide bonds. The third-order valence-electron chi connectivity index (χ3n) is 5.25. The van der Waals surface area contributed by atoms with Crippen molar-refractivity contribution in [1.29, 1.82) is 0 Å². The molecule has 0 unspecified atom stereocenters. The van der Waals surface area contributed by atoms with Crippen molar-refractivity contribution in [2.24, 2.45) is 0 Å². The van der Waals surface area contributed by atoms with E-state index in [1.807, 2.05) is 0 Å². The predicted octanol–water partition coefficient (Wildman–Crippen LogP) is 2.08. The Kier molecular flexibility index (Phi) is 7.77. The molecule has 1 aliphatic rings. The van der Waals surface area contributed by atoms with E-state index in [4.69, 9.17) is 19.9 Å². The number of nitrogens with zero attached hydrogens (tertiary/aromatic N) is 4. The molecule has 0 saturated carbocycles. The van der Waals surface area contributed by atoms with E-state index in [2.05, 4.69) is 25.6 Å². The number of nitrogen functional groups attached to an aromatic ring is 1. The normalized spacial score (nSPS) is 20.0. The highest BCUT2D eigenvalue weighted by Gasteiger charge is 2.50. The van der Waals surface area contributed by atoms with Gasteiger partial charge in [-0.25, -0.2) is 28.6 Å². The number of nitrogens with two attached hydrogens (primary N) is 1. The summed E-state index contributed by atoms with van der Waals surface area (Å²) in [4.78, 5) is 63.8. The Hall–Kier alpha value is -4.04. The standard InChI is InChI=1S/C24H38N8O7/c1-22(2,3)37-19(34)27-12-10-31(21(36)39-24(7,8)9)15(13(12)28-20(35)38-23(4,5)6)14-16-29-17(25)30-18(33)32(16)11-26-14/h11-13,15H,10H2,1-9H3,(H,27,34)(H,28,35)(H3,25,29,30,33)/t12-,13+,15-/m0/s1. The Morgan fingerprint density at radius 1 is 0.949 bits per heavy atom. The topological polar surface area (TPSA) is 195 Å². The largest absolute Gasteiger partial charge is 0.444 e. The van der Waals surface area contributed by atoms with Gasteiger partial charge in [-0.15, -0.1) is 0 Å². The number of rotatable bonds is 3. The first-order chi connectivity index (χ1) is 17.7. The number of carbonyl (C=O) groups excluding carboxylic acids is 3. The number of aromatic nitrogens is 4. The molecule has 216 valence electrons. The second-order valence-corrected chi connectivity index (χ2v) is 12.3. The van der Waals surface area contributed by atoms with E-state index in [9.17, 15) is 19.2 Å². The van der Waals surface area contributed by atoms with Crippen LogP contribution in [0.2, 0.25) is 0 Å². The lowest BCUT2D eigenvalue weighted by Gasteiger charge is -2.30. The number of aromatic amines is 1. The summed E-state index contributed by atoms with van der Waals surface area (Å²) in [5.41, 5.74) is 2.90. The molecule has 15 nitrogen and oxygen atoms in total. The van der Waals surface area contributed by atoms with E-state index in [1.165, 1.54) is 11.2 Å². The maximum Gasteiger partial charge on any atom is 0.411 e. The Balaban J connectivity index is 2.13. The molecule has 2 aromatic heterocycles. The molecule has 15 heteroatoms. The average Bonchev–Trinajstić information content (AvgIpc) is 3.25. The zero-order valence-corrected chi connectivity index (χ0v) is 23.7. The van der Waals surface area contributed by atoms with Gasteiger partial charge in [0.25, 0.3) is 0 Å². The number of alkyl carbamates (subject to hydrolysis) is 2. The summed E-state index contributed by atoms with van der Waals surface area (Å²) in [7, 11) is 0. The van der Waals surface area contributed by atoms with Crippen LogP contribution in [0.25, 0.3) is 5.65 Å². The smallest absolute Gasteiger partial charge is 0.411 e. The minimum atomic E-state index is -1.05. The molecule has 0 spiro atoms. The third kappa shape index (κ3) is 7.51. The third-order valence-corrected chi connectivity index (χ3v) is 5.25. The molecule has 3 rings (SSSR count). The highest BCUT2D eigenvalue weighted by atomic mass is 16.6. The van der Waals surface area contributed by atoms with Crippen molar-refractivity contribution < 1.29 is 28.6 Å². The Bertz CT molecular complexity index is 1300. The Morgan fingerprint density at radius 3 is 2.03 bits per heavy atom. The minimum absolute atomic E-state index is 0.0590. The lowest BCUT2D eigenvalue weighted by molar-refractivity contribution is 0.0195. The van der Waals surface area contributed by atoms with Crippen molar-refractivity contribution in [2.75, 3.05) is 12.3 Å². The zero-order chi connectivity index (χ0) is 29.5. The molecule has 0 radical (unpaired) electrons. The van der Waals surface area contributed by atoms with Gasteiger partial charge in [0, 0.05) is 6.54 Å². The predicted molar refractivity (Wildman–Crippen MR) is 140 cm³/mol. The summed E-state index contributed by atoms with van der Waals surface area (Å²) in [5, 5.41) is 5.49. The second kappa shape index (κ2) is 10.3. The second-order valence-electron chi connectivity index (χ2n) is 12.3. The van der Waals surface area contributed by atoms with Crippen LogP contribution < -0.4 is 22.1 Å². The van der Waals surface area contributed by atoms with Crippen molar-refractivity contribution in [1.82, 2.24) is 34.9 Å². The lowest BCUT2D eigenvalue weighted by atomic mass is 10.0. The Labute approximate surface area is 225 Å². The van der Waals surface area contributed by atoms with Gasteiger partial charge in [0.2, 0.25) is 5.95 Å². The van der Waals surface area contributed by atoms with Crippen molar-refractivity contribution in [3.8, 4) is 0 Å². The fourth-order valence-electron chi connectivity index (χ4n) is 4.03. The molecule has 3 atom stereocenters. The number of anilines is 1. The highest BCUT2D eigenvalue weighted by Crippen LogP contribution is 2.35. The number of fused-ring (bicyclic) bond motifs is 1. The van der Waals surface area contributed by atoms with Crippen LogP contribution in [0.4, 0.5) is 20.3 Å². The van der Waals surface area contributed by atoms with E-state index in [0.29, 0.717) is 0 Å². The summed E-state index contributed by atoms with van der Waals surface area (Å²) in [6, 6.07) is -2.92. The summed E-state index contributed by atoms with van der Waals surface area (Å²) < 4.78 is 17.6. The average molecular weight is 551 g/mol. The van der Waals surface area contributed by atoms with Gasteiger partial charge in [0.15, 0.2) is 5.65 Å². The fraction of sp³-hybridized carbons (Fsp3) is 0.667. The monoisotopic (exact) mass is 550 g/mol. The van der Waals surface area contributed by atoms with Gasteiger partial charge in [-0.1, -0.05) is 0 Å². The van der Waals surface area contributed by atoms with Crippen molar-refractivity contribution in [3.05, 3.63) is 22.5 Å². The molecular formula is C24H38N8O7. The number of nitrogens with one attached hydrogen (secondary N) is 3. The van der Waals surface area contributed by atoms with Crippen LogP contribution in [0, 0.1) is 0 Å². The number of hydrogen-bond acceptors (Lipinski definition) is 10. The van der Waals surface area contributed by atoms with Gasteiger partial charge in [0.05, 0.1) is 12.1 Å². The maximum absolute atomic E-state index is 13.4. The van der Waals surface area contributed by atoms with E-state index in [-0.39, 0.29) is 23.8 Å². The highest BCUT2D eigenvalue weighted by molar-refractivity contribution is 5.74. The molecule has 0 bridgehead atoms. The van der Waals surface area contributed by atoms with Gasteiger partial charge < -0.3 is 30.6 Å². The van der Waals surface area contributed by atoms with Crippen molar-refractivity contribution >= 4 is 29.9 Å². The molecule has 1 aliphatic heterocycles. The van der Waals surface area contributed by atoms with Gasteiger partial charge in [-0.2, -0.15) is 4.98 Å². The van der Waals surface area contributed by atoms with Crippen molar-refractivity contribution in [3.63, 3.8) is 0 Å². The molecule has 2 aromatic rings. The molecule has 0 aromatic carbocycles. The summed E-state index contributed by atoms with van der Waals surface area (Å²) >= 11 is 0. The molecule has 5 N–H and O–H groups in total. The van der Waals surface area contributed by atoms with Crippen LogP contribution in [0.15, 0.2) is 11.1 Å². The first-order valence-electron chi connectivity index (χ1n) is 12.5. The van der Waals surface area contributed by atoms with Crippen LogP contribution in [-0.4, -0.2) is 78.0 Å². The zero-order valence-electron chi connectivity index (χ0n) is 23.7. The summed E-state index contributed by atoms with van der Waals surface area (Å²) in [5.74, 6) is -0.170. The Morgan fingerprint density at radius 2 is 1.49 bits per heavy atom. The first kappa shape index (κ1) is 29.5. The minimum Gasteiger partial charge on any atom is -0.444 e. The summed E-state index contributed by atoms with van der Waals surface area (Å²) in [6.45, 7) is 15.2. The number of imidazole rings is 1. The molecular weight excluding hydrogens is 512 g/mol. The van der Waals surface area contributed by atoms with Crippen molar-refractivity contribution in [2.45, 2.75) is 97.2 Å². The van der Waals surface area contributed by atoms with Crippen LogP contribution >= 0.6 is 0 Å². The van der Waals surface area contributed by atoms with E-state index in [0.717, 1.165) is 4.40 Å². The molecule has 3 heterocycles. The van der Waals surface area contributed by atoms with Crippen LogP contribution in [0.1, 0.15) is 74.0 Å². The maximum atomic E-state index is 13.4. The molecule has 39 heavy (non-hydrogen) atoms.